The molecule has 0 unspecified atom stereocenters. The maximum atomic E-state index is 13.4. The van der Waals surface area contributed by atoms with E-state index in [0.717, 1.165) is 70.2 Å². The summed E-state index contributed by atoms with van der Waals surface area (Å²) in [5.41, 5.74) is 8.82. The molecule has 6 rings (SSSR count). The molecule has 4 heterocycles. The minimum Gasteiger partial charge on any atom is -0.480 e. The van der Waals surface area contributed by atoms with E-state index in [9.17, 15) is 29.4 Å². The first-order valence-electron chi connectivity index (χ1n) is 18.6. The van der Waals surface area contributed by atoms with Crippen LogP contribution in [0.1, 0.15) is 92.9 Å². The number of aromatic nitrogens is 2. The van der Waals surface area contributed by atoms with Crippen LogP contribution in [0.15, 0.2) is 60.9 Å². The molecule has 2 atom stereocenters. The normalized spacial score (nSPS) is 17.9. The number of carboxylic acid groups (broad SMARTS) is 2. The van der Waals surface area contributed by atoms with Crippen LogP contribution in [0.2, 0.25) is 0 Å². The quantitative estimate of drug-likeness (QED) is 0.130. The highest BCUT2D eigenvalue weighted by atomic mass is 16.4. The number of hydrogen-bond donors (Lipinski definition) is 4. The Labute approximate surface area is 315 Å². The van der Waals surface area contributed by atoms with Crippen molar-refractivity contribution in [3.05, 3.63) is 106 Å². The number of carbonyl (C=O) groups is 4. The van der Waals surface area contributed by atoms with Gasteiger partial charge < -0.3 is 20.8 Å². The van der Waals surface area contributed by atoms with Crippen molar-refractivity contribution in [2.75, 3.05) is 23.7 Å². The van der Waals surface area contributed by atoms with Crippen molar-refractivity contribution in [2.24, 2.45) is 0 Å². The van der Waals surface area contributed by atoms with Crippen LogP contribution in [-0.2, 0) is 22.7 Å². The van der Waals surface area contributed by atoms with Crippen LogP contribution in [-0.4, -0.2) is 78.9 Å². The van der Waals surface area contributed by atoms with Crippen molar-refractivity contribution >= 4 is 35.1 Å². The van der Waals surface area contributed by atoms with Gasteiger partial charge in [-0.2, -0.15) is 0 Å². The number of rotatable bonds is 11. The second kappa shape index (κ2) is 16.7. The molecule has 2 aromatic heterocycles. The fourth-order valence-electron chi connectivity index (χ4n) is 7.60. The van der Waals surface area contributed by atoms with Crippen molar-refractivity contribution in [1.29, 1.82) is 0 Å². The zero-order valence-corrected chi connectivity index (χ0v) is 31.3. The third-order valence-electron chi connectivity index (χ3n) is 10.9. The number of piperidine rings is 2. The number of pyridine rings is 2. The van der Waals surface area contributed by atoms with E-state index < -0.39 is 24.0 Å². The summed E-state index contributed by atoms with van der Waals surface area (Å²) in [4.78, 5) is 63.3. The van der Waals surface area contributed by atoms with Gasteiger partial charge in [-0.25, -0.2) is 0 Å². The number of carbonyl (C=O) groups excluding carboxylic acids is 2. The standard InChI is InChI=1S/C42H48N6O6/c1-25-19-35(43-21-29(25)23-47-17-7-5-15-37(47)41(51)52)39(49)45-33-13-9-11-31(27(33)3)32-12-10-14-34(28(32)4)46-40(50)36-20-26(2)30(22-44-36)24-48-18-8-6-16-38(48)42(53)54/h9-14,19-22,37-38H,5-8,15-18,23-24H2,1-4H3,(H,45,49)(H,46,50)(H,51,52)(H,53,54)/t37-,38-/m0/s1. The number of likely N-dealkylation sites (tertiary alicyclic amines) is 2. The Hall–Kier alpha value is -5.46. The fourth-order valence-corrected chi connectivity index (χ4v) is 7.60. The number of nitrogens with zero attached hydrogens (tertiary/aromatic N) is 4. The Morgan fingerprint density at radius 1 is 0.648 bits per heavy atom. The van der Waals surface area contributed by atoms with E-state index in [-0.39, 0.29) is 23.2 Å². The summed E-state index contributed by atoms with van der Waals surface area (Å²) < 4.78 is 0. The van der Waals surface area contributed by atoms with Crippen LogP contribution in [0.5, 0.6) is 0 Å². The molecule has 4 N–H and O–H groups in total. The van der Waals surface area contributed by atoms with Gasteiger partial charge in [0.1, 0.15) is 23.5 Å². The molecule has 2 aromatic carbocycles. The Kier molecular flexibility index (Phi) is 11.8. The van der Waals surface area contributed by atoms with Gasteiger partial charge in [0, 0.05) is 36.9 Å². The van der Waals surface area contributed by atoms with E-state index in [4.69, 9.17) is 0 Å². The second-order valence-electron chi connectivity index (χ2n) is 14.5. The van der Waals surface area contributed by atoms with E-state index in [2.05, 4.69) is 20.6 Å². The number of benzene rings is 2. The van der Waals surface area contributed by atoms with Gasteiger partial charge in [-0.3, -0.25) is 38.9 Å². The number of aliphatic carboxylic acids is 2. The highest BCUT2D eigenvalue weighted by Crippen LogP contribution is 2.34. The van der Waals surface area contributed by atoms with Crippen molar-refractivity contribution in [3.8, 4) is 11.1 Å². The largest absolute Gasteiger partial charge is 0.480 e. The maximum absolute atomic E-state index is 13.4. The van der Waals surface area contributed by atoms with Crippen LogP contribution in [0.25, 0.3) is 11.1 Å². The number of nitrogens with one attached hydrogen (secondary N) is 2. The Balaban J connectivity index is 1.14. The molecule has 0 radical (unpaired) electrons. The molecular weight excluding hydrogens is 684 g/mol. The smallest absolute Gasteiger partial charge is 0.320 e. The molecule has 2 aliphatic rings. The van der Waals surface area contributed by atoms with E-state index in [1.807, 2.05) is 73.9 Å². The van der Waals surface area contributed by atoms with Crippen LogP contribution in [0, 0.1) is 27.7 Å². The Morgan fingerprint density at radius 2 is 1.06 bits per heavy atom. The van der Waals surface area contributed by atoms with Gasteiger partial charge in [-0.1, -0.05) is 37.1 Å². The number of carboxylic acids is 2. The zero-order valence-electron chi connectivity index (χ0n) is 31.3. The molecule has 0 saturated carbocycles. The molecule has 4 aromatic rings. The summed E-state index contributed by atoms with van der Waals surface area (Å²) in [5.74, 6) is -2.32. The summed E-state index contributed by atoms with van der Waals surface area (Å²) in [5, 5.41) is 25.4. The minimum atomic E-state index is -0.807. The molecule has 12 heteroatoms. The van der Waals surface area contributed by atoms with E-state index >= 15 is 0 Å². The molecule has 2 aliphatic heterocycles. The molecule has 2 saturated heterocycles. The lowest BCUT2D eigenvalue weighted by Gasteiger charge is -2.33. The Bertz CT molecular complexity index is 1940. The lowest BCUT2D eigenvalue weighted by Crippen LogP contribution is -2.44. The SMILES string of the molecule is Cc1cc(C(=O)Nc2cccc(-c3cccc(NC(=O)c4cc(C)c(CN5CCCC[C@H]5C(=O)O)cn4)c3C)c2C)ncc1CN1CCCC[C@H]1C(=O)O. The fraction of sp³-hybridized carbons (Fsp3) is 0.381. The predicted molar refractivity (Wildman–Crippen MR) is 207 cm³/mol. The zero-order chi connectivity index (χ0) is 38.5. The van der Waals surface area contributed by atoms with Crippen LogP contribution < -0.4 is 10.6 Å². The number of aryl methyl sites for hydroxylation is 2. The Morgan fingerprint density at radius 3 is 1.43 bits per heavy atom. The number of hydrogen-bond acceptors (Lipinski definition) is 8. The molecule has 2 amide bonds. The summed E-state index contributed by atoms with van der Waals surface area (Å²) in [6, 6.07) is 13.8. The van der Waals surface area contributed by atoms with Gasteiger partial charge in [0.2, 0.25) is 0 Å². The van der Waals surface area contributed by atoms with Crippen molar-refractivity contribution in [1.82, 2.24) is 19.8 Å². The monoisotopic (exact) mass is 732 g/mol. The molecule has 2 fully saturated rings. The molecule has 54 heavy (non-hydrogen) atoms. The summed E-state index contributed by atoms with van der Waals surface area (Å²) >= 11 is 0. The lowest BCUT2D eigenvalue weighted by molar-refractivity contribution is -0.145. The third kappa shape index (κ3) is 8.50. The van der Waals surface area contributed by atoms with Gasteiger partial charge in [0.05, 0.1) is 0 Å². The van der Waals surface area contributed by atoms with Gasteiger partial charge in [-0.05, 0) is 135 Å². The van der Waals surface area contributed by atoms with Crippen molar-refractivity contribution in [3.63, 3.8) is 0 Å². The predicted octanol–water partition coefficient (Wildman–Crippen LogP) is 6.76. The third-order valence-corrected chi connectivity index (χ3v) is 10.9. The molecule has 12 nitrogen and oxygen atoms in total. The van der Waals surface area contributed by atoms with E-state index in [1.54, 1.807) is 24.5 Å². The second-order valence-corrected chi connectivity index (χ2v) is 14.5. The summed E-state index contributed by atoms with van der Waals surface area (Å²) in [6.45, 7) is 10.1. The molecule has 0 bridgehead atoms. The topological polar surface area (TPSA) is 165 Å². The van der Waals surface area contributed by atoms with Crippen molar-refractivity contribution < 1.29 is 29.4 Å². The highest BCUT2D eigenvalue weighted by molar-refractivity contribution is 6.05. The minimum absolute atomic E-state index is 0.267. The first kappa shape index (κ1) is 38.3. The van der Waals surface area contributed by atoms with Crippen molar-refractivity contribution in [2.45, 2.75) is 91.4 Å². The van der Waals surface area contributed by atoms with Gasteiger partial charge in [0.25, 0.3) is 11.8 Å². The first-order chi connectivity index (χ1) is 25.9. The first-order valence-corrected chi connectivity index (χ1v) is 18.6. The summed E-state index contributed by atoms with van der Waals surface area (Å²) in [6.07, 6.45) is 8.31. The van der Waals surface area contributed by atoms with Gasteiger partial charge in [0.15, 0.2) is 0 Å². The van der Waals surface area contributed by atoms with Gasteiger partial charge in [-0.15, -0.1) is 0 Å². The van der Waals surface area contributed by atoms with Gasteiger partial charge >= 0.3 is 11.9 Å². The van der Waals surface area contributed by atoms with E-state index in [0.29, 0.717) is 50.4 Å². The average molecular weight is 733 g/mol. The molecular formula is C42H48N6O6. The maximum Gasteiger partial charge on any atom is 0.320 e. The number of anilines is 2. The van der Waals surface area contributed by atoms with Crippen LogP contribution in [0.3, 0.4) is 0 Å². The van der Waals surface area contributed by atoms with Crippen LogP contribution >= 0.6 is 0 Å². The van der Waals surface area contributed by atoms with E-state index in [1.165, 1.54) is 0 Å². The molecule has 282 valence electrons. The molecule has 0 aliphatic carbocycles. The van der Waals surface area contributed by atoms with Crippen LogP contribution in [0.4, 0.5) is 11.4 Å². The lowest BCUT2D eigenvalue weighted by atomic mass is 9.94. The highest BCUT2D eigenvalue weighted by Gasteiger charge is 2.30. The summed E-state index contributed by atoms with van der Waals surface area (Å²) in [7, 11) is 0. The average Bonchev–Trinajstić information content (AvgIpc) is 3.15. The number of amides is 2. The molecule has 0 spiro atoms.